The smallest absolute Gasteiger partial charge is 0.407 e. The summed E-state index contributed by atoms with van der Waals surface area (Å²) in [5, 5.41) is 15.0. The number of aliphatic carboxylic acids is 1. The number of ether oxygens (including phenoxy) is 1. The number of nitrogens with one attached hydrogen (secondary N) is 2. The highest BCUT2D eigenvalue weighted by atomic mass is 16.5. The van der Waals surface area contributed by atoms with Crippen LogP contribution in [-0.2, 0) is 14.3 Å². The van der Waals surface area contributed by atoms with Crippen LogP contribution in [0.5, 0.6) is 0 Å². The molecule has 2 aromatic carbocycles. The number of amides is 2. The molecule has 7 heteroatoms. The van der Waals surface area contributed by atoms with Crippen molar-refractivity contribution in [1.29, 1.82) is 0 Å². The number of alkyl carbamates (subject to hydrolysis) is 1. The number of fused-ring (bicyclic) bond motifs is 4. The molecule has 7 nitrogen and oxygen atoms in total. The number of carboxylic acids is 1. The van der Waals surface area contributed by atoms with Gasteiger partial charge in [0.05, 0.1) is 5.92 Å². The maximum absolute atomic E-state index is 12.6. The molecular weight excluding hydrogens is 444 g/mol. The van der Waals surface area contributed by atoms with Crippen LogP contribution in [0, 0.1) is 23.7 Å². The number of carbonyl (C=O) groups excluding carboxylic acids is 2. The molecule has 3 aliphatic rings. The van der Waals surface area contributed by atoms with Gasteiger partial charge in [-0.1, -0.05) is 55.5 Å². The van der Waals surface area contributed by atoms with Crippen molar-refractivity contribution in [2.75, 3.05) is 13.2 Å². The second kappa shape index (κ2) is 9.72. The Hall–Kier alpha value is -3.35. The molecule has 0 aromatic heterocycles. The van der Waals surface area contributed by atoms with Gasteiger partial charge in [-0.3, -0.25) is 9.59 Å². The highest BCUT2D eigenvalue weighted by Crippen LogP contribution is 2.50. The maximum Gasteiger partial charge on any atom is 0.407 e. The van der Waals surface area contributed by atoms with E-state index in [4.69, 9.17) is 4.74 Å². The topological polar surface area (TPSA) is 105 Å². The van der Waals surface area contributed by atoms with E-state index in [0.29, 0.717) is 18.8 Å². The number of hydrogen-bond donors (Lipinski definition) is 3. The number of carboxylic acid groups (broad SMARTS) is 1. The molecule has 5 rings (SSSR count). The lowest BCUT2D eigenvalue weighted by molar-refractivity contribution is -0.141. The van der Waals surface area contributed by atoms with Gasteiger partial charge < -0.3 is 20.5 Å². The molecule has 35 heavy (non-hydrogen) atoms. The normalized spacial score (nSPS) is 24.9. The van der Waals surface area contributed by atoms with Crippen LogP contribution in [-0.4, -0.2) is 42.3 Å². The number of rotatable bonds is 8. The summed E-state index contributed by atoms with van der Waals surface area (Å²) in [6, 6.07) is 16.5. The fourth-order valence-electron chi connectivity index (χ4n) is 6.17. The van der Waals surface area contributed by atoms with Gasteiger partial charge in [0.25, 0.3) is 0 Å². The second-order valence-corrected chi connectivity index (χ2v) is 10.1. The van der Waals surface area contributed by atoms with Gasteiger partial charge in [0.15, 0.2) is 0 Å². The Balaban J connectivity index is 1.11. The minimum absolute atomic E-state index is 0.0239. The predicted molar refractivity (Wildman–Crippen MR) is 131 cm³/mol. The summed E-state index contributed by atoms with van der Waals surface area (Å²) in [6.07, 6.45) is 2.44. The Labute approximate surface area is 205 Å². The highest BCUT2D eigenvalue weighted by molar-refractivity contribution is 5.80. The Morgan fingerprint density at radius 3 is 2.29 bits per heavy atom. The Morgan fingerprint density at radius 1 is 1.00 bits per heavy atom. The maximum atomic E-state index is 12.6. The SMILES string of the molecule is CCC(CNC(=O)C1C[C@@H]2C[C@H](NC(=O)OCC3c4ccccc4-c4ccccc43)[C@@H]2C1)C(=O)O. The summed E-state index contributed by atoms with van der Waals surface area (Å²) in [5.41, 5.74) is 4.76. The molecule has 0 bridgehead atoms. The van der Waals surface area contributed by atoms with Crippen LogP contribution >= 0.6 is 0 Å². The summed E-state index contributed by atoms with van der Waals surface area (Å²) in [4.78, 5) is 36.4. The quantitative estimate of drug-likeness (QED) is 0.531. The molecule has 0 radical (unpaired) electrons. The average Bonchev–Trinajstić information content (AvgIpc) is 3.36. The summed E-state index contributed by atoms with van der Waals surface area (Å²) < 4.78 is 5.68. The highest BCUT2D eigenvalue weighted by Gasteiger charge is 2.50. The fraction of sp³-hybridized carbons (Fsp3) is 0.464. The summed E-state index contributed by atoms with van der Waals surface area (Å²) >= 11 is 0. The molecule has 3 aliphatic carbocycles. The molecule has 5 atom stereocenters. The Kier molecular flexibility index (Phi) is 6.50. The van der Waals surface area contributed by atoms with E-state index in [9.17, 15) is 19.5 Å². The molecule has 0 spiro atoms. The lowest BCUT2D eigenvalue weighted by atomic mass is 9.71. The molecule has 2 fully saturated rings. The van der Waals surface area contributed by atoms with Crippen LogP contribution in [0.3, 0.4) is 0 Å². The van der Waals surface area contributed by atoms with Gasteiger partial charge in [-0.15, -0.1) is 0 Å². The van der Waals surface area contributed by atoms with E-state index in [2.05, 4.69) is 34.9 Å². The first-order chi connectivity index (χ1) is 17.0. The van der Waals surface area contributed by atoms with Crippen molar-refractivity contribution in [2.24, 2.45) is 23.7 Å². The fourth-order valence-corrected chi connectivity index (χ4v) is 6.17. The van der Waals surface area contributed by atoms with Crippen LogP contribution in [0.1, 0.15) is 49.7 Å². The Morgan fingerprint density at radius 2 is 1.66 bits per heavy atom. The van der Waals surface area contributed by atoms with Gasteiger partial charge in [0, 0.05) is 24.4 Å². The van der Waals surface area contributed by atoms with Crippen LogP contribution in [0.4, 0.5) is 4.79 Å². The molecule has 2 unspecified atom stereocenters. The standard InChI is InChI=1S/C28H32N2O5/c1-2-16(27(32)33)14-29-26(31)18-11-17-13-25(23(17)12-18)30-28(34)35-15-24-21-9-5-3-7-19(21)20-8-4-6-10-22(20)24/h3-10,16-18,23-25H,2,11-15H2,1H3,(H,29,31)(H,30,34)(H,32,33)/t16?,17-,18?,23-,25+/m1/s1. The summed E-state index contributed by atoms with van der Waals surface area (Å²) in [6.45, 7) is 2.26. The van der Waals surface area contributed by atoms with E-state index >= 15 is 0 Å². The summed E-state index contributed by atoms with van der Waals surface area (Å²) in [5.74, 6) is -0.908. The first kappa shape index (κ1) is 23.4. The van der Waals surface area contributed by atoms with Gasteiger partial charge in [-0.25, -0.2) is 4.79 Å². The van der Waals surface area contributed by atoms with E-state index in [1.807, 2.05) is 24.3 Å². The average molecular weight is 477 g/mol. The van der Waals surface area contributed by atoms with Crippen LogP contribution in [0.2, 0.25) is 0 Å². The Bertz CT molecular complexity index is 1090. The van der Waals surface area contributed by atoms with Crippen LogP contribution < -0.4 is 10.6 Å². The molecule has 184 valence electrons. The van der Waals surface area contributed by atoms with E-state index in [-0.39, 0.29) is 42.9 Å². The first-order valence-electron chi connectivity index (χ1n) is 12.6. The van der Waals surface area contributed by atoms with E-state index < -0.39 is 18.0 Å². The third kappa shape index (κ3) is 4.51. The van der Waals surface area contributed by atoms with Gasteiger partial charge in [-0.2, -0.15) is 0 Å². The zero-order chi connectivity index (χ0) is 24.5. The third-order valence-corrected chi connectivity index (χ3v) is 8.21. The summed E-state index contributed by atoms with van der Waals surface area (Å²) in [7, 11) is 0. The van der Waals surface area contributed by atoms with E-state index in [1.165, 1.54) is 22.3 Å². The van der Waals surface area contributed by atoms with Crippen LogP contribution in [0.25, 0.3) is 11.1 Å². The van der Waals surface area contributed by atoms with Gasteiger partial charge in [-0.05, 0) is 59.8 Å². The zero-order valence-electron chi connectivity index (χ0n) is 19.9. The van der Waals surface area contributed by atoms with Crippen LogP contribution in [0.15, 0.2) is 48.5 Å². The number of benzene rings is 2. The lowest BCUT2D eigenvalue weighted by Crippen LogP contribution is -2.50. The molecule has 0 saturated heterocycles. The van der Waals surface area contributed by atoms with Crippen molar-refractivity contribution < 1.29 is 24.2 Å². The lowest BCUT2D eigenvalue weighted by Gasteiger charge is -2.40. The van der Waals surface area contributed by atoms with Crippen molar-refractivity contribution in [3.63, 3.8) is 0 Å². The van der Waals surface area contributed by atoms with Crippen molar-refractivity contribution >= 4 is 18.0 Å². The minimum atomic E-state index is -0.883. The van der Waals surface area contributed by atoms with Crippen molar-refractivity contribution in [1.82, 2.24) is 10.6 Å². The first-order valence-corrected chi connectivity index (χ1v) is 12.6. The largest absolute Gasteiger partial charge is 0.481 e. The van der Waals surface area contributed by atoms with E-state index in [1.54, 1.807) is 6.92 Å². The molecule has 2 amide bonds. The molecule has 3 N–H and O–H groups in total. The minimum Gasteiger partial charge on any atom is -0.481 e. The molecule has 0 heterocycles. The monoisotopic (exact) mass is 476 g/mol. The molecule has 0 aliphatic heterocycles. The van der Waals surface area contributed by atoms with Crippen molar-refractivity contribution in [3.8, 4) is 11.1 Å². The molecular formula is C28H32N2O5. The molecule has 2 saturated carbocycles. The van der Waals surface area contributed by atoms with E-state index in [0.717, 1.165) is 12.8 Å². The number of carbonyl (C=O) groups is 3. The molecule has 2 aromatic rings. The van der Waals surface area contributed by atoms with Gasteiger partial charge in [0.2, 0.25) is 5.91 Å². The predicted octanol–water partition coefficient (Wildman–Crippen LogP) is 4.17. The van der Waals surface area contributed by atoms with Crippen molar-refractivity contribution in [2.45, 2.75) is 44.6 Å². The number of hydrogen-bond acceptors (Lipinski definition) is 4. The second-order valence-electron chi connectivity index (χ2n) is 10.1. The van der Waals surface area contributed by atoms with Gasteiger partial charge >= 0.3 is 12.1 Å². The van der Waals surface area contributed by atoms with Crippen molar-refractivity contribution in [3.05, 3.63) is 59.7 Å². The third-order valence-electron chi connectivity index (χ3n) is 8.21. The van der Waals surface area contributed by atoms with Gasteiger partial charge in [0.1, 0.15) is 6.61 Å². The zero-order valence-corrected chi connectivity index (χ0v) is 19.9.